The summed E-state index contributed by atoms with van der Waals surface area (Å²) in [4.78, 5) is 31.3. The SMILES string of the molecule is Cc1[nH]c2c(c1C(=O)N1CCOCC1)CCCC2=C1C(=O)Nc2ccccc21. The van der Waals surface area contributed by atoms with E-state index in [1.54, 1.807) is 0 Å². The number of aryl methyl sites for hydroxylation is 1. The third-order valence-electron chi connectivity index (χ3n) is 5.93. The summed E-state index contributed by atoms with van der Waals surface area (Å²) >= 11 is 0. The number of nitrogens with one attached hydrogen (secondary N) is 2. The van der Waals surface area contributed by atoms with Crippen LogP contribution in [0.4, 0.5) is 5.69 Å². The lowest BCUT2D eigenvalue weighted by Crippen LogP contribution is -2.41. The summed E-state index contributed by atoms with van der Waals surface area (Å²) in [6.07, 6.45) is 2.61. The van der Waals surface area contributed by atoms with Crippen LogP contribution in [-0.4, -0.2) is 48.0 Å². The van der Waals surface area contributed by atoms with Crippen LogP contribution in [0.1, 0.15) is 45.7 Å². The van der Waals surface area contributed by atoms with Crippen LogP contribution in [0.5, 0.6) is 0 Å². The van der Waals surface area contributed by atoms with Crippen LogP contribution in [0.15, 0.2) is 24.3 Å². The van der Waals surface area contributed by atoms with Crippen molar-refractivity contribution in [1.29, 1.82) is 0 Å². The van der Waals surface area contributed by atoms with Crippen molar-refractivity contribution < 1.29 is 14.3 Å². The van der Waals surface area contributed by atoms with E-state index in [-0.39, 0.29) is 11.8 Å². The Balaban J connectivity index is 1.62. The number of H-pyrrole nitrogens is 1. The predicted octanol–water partition coefficient (Wildman–Crippen LogP) is 2.99. The molecule has 2 N–H and O–H groups in total. The standard InChI is InChI=1S/C22H23N3O3/c1-13-18(22(27)25-9-11-28-12-10-25)15-6-4-7-16(20(15)23-13)19-14-5-2-3-8-17(14)24-21(19)26/h2-3,5,8,23H,4,6-7,9-12H2,1H3,(H,24,26). The Hall–Kier alpha value is -2.86. The molecule has 0 spiro atoms. The van der Waals surface area contributed by atoms with Crippen LogP contribution in [0.3, 0.4) is 0 Å². The van der Waals surface area contributed by atoms with Gasteiger partial charge in [-0.05, 0) is 43.4 Å². The number of carbonyl (C=O) groups is 2. The summed E-state index contributed by atoms with van der Waals surface area (Å²) < 4.78 is 5.39. The second-order valence-corrected chi connectivity index (χ2v) is 7.59. The number of morpholine rings is 1. The first-order chi connectivity index (χ1) is 13.6. The Morgan fingerprint density at radius 1 is 1.14 bits per heavy atom. The zero-order valence-corrected chi connectivity index (χ0v) is 15.9. The molecule has 0 bridgehead atoms. The normalized spacial score (nSPS) is 21.3. The molecular weight excluding hydrogens is 354 g/mol. The van der Waals surface area contributed by atoms with Crippen LogP contribution in [-0.2, 0) is 16.0 Å². The lowest BCUT2D eigenvalue weighted by Gasteiger charge is -2.27. The molecule has 0 unspecified atom stereocenters. The van der Waals surface area contributed by atoms with Gasteiger partial charge in [-0.15, -0.1) is 0 Å². The largest absolute Gasteiger partial charge is 0.378 e. The highest BCUT2D eigenvalue weighted by Gasteiger charge is 2.33. The van der Waals surface area contributed by atoms with Gasteiger partial charge in [0.1, 0.15) is 0 Å². The highest BCUT2D eigenvalue weighted by atomic mass is 16.5. The highest BCUT2D eigenvalue weighted by molar-refractivity contribution is 6.36. The minimum Gasteiger partial charge on any atom is -0.378 e. The zero-order valence-electron chi connectivity index (χ0n) is 15.9. The summed E-state index contributed by atoms with van der Waals surface area (Å²) in [5, 5.41) is 2.97. The number of ether oxygens (including phenoxy) is 1. The zero-order chi connectivity index (χ0) is 19.3. The fourth-order valence-corrected chi connectivity index (χ4v) is 4.63. The molecule has 1 aromatic carbocycles. The number of anilines is 1. The first-order valence-corrected chi connectivity index (χ1v) is 9.88. The van der Waals surface area contributed by atoms with Gasteiger partial charge in [0, 0.05) is 35.7 Å². The maximum absolute atomic E-state index is 13.2. The molecule has 2 aromatic rings. The Morgan fingerprint density at radius 3 is 2.75 bits per heavy atom. The number of aromatic amines is 1. The van der Waals surface area contributed by atoms with Crippen LogP contribution in [0, 0.1) is 6.92 Å². The Labute approximate surface area is 163 Å². The number of fused-ring (bicyclic) bond motifs is 2. The van der Waals surface area contributed by atoms with Gasteiger partial charge < -0.3 is 19.9 Å². The maximum Gasteiger partial charge on any atom is 0.256 e. The van der Waals surface area contributed by atoms with Gasteiger partial charge in [-0.25, -0.2) is 0 Å². The minimum atomic E-state index is -0.0580. The van der Waals surface area contributed by atoms with Crippen LogP contribution >= 0.6 is 0 Å². The van der Waals surface area contributed by atoms with Crippen molar-refractivity contribution in [3.05, 3.63) is 52.3 Å². The van der Waals surface area contributed by atoms with E-state index < -0.39 is 0 Å². The van der Waals surface area contributed by atoms with Gasteiger partial charge >= 0.3 is 0 Å². The van der Waals surface area contributed by atoms with E-state index in [4.69, 9.17) is 4.74 Å². The van der Waals surface area contributed by atoms with Crippen LogP contribution in [0.2, 0.25) is 0 Å². The molecule has 6 nitrogen and oxygen atoms in total. The Morgan fingerprint density at radius 2 is 1.93 bits per heavy atom. The quantitative estimate of drug-likeness (QED) is 0.751. The van der Waals surface area contributed by atoms with Crippen molar-refractivity contribution in [3.63, 3.8) is 0 Å². The molecule has 0 radical (unpaired) electrons. The third-order valence-corrected chi connectivity index (χ3v) is 5.93. The highest BCUT2D eigenvalue weighted by Crippen LogP contribution is 2.43. The summed E-state index contributed by atoms with van der Waals surface area (Å²) in [6, 6.07) is 7.80. The number of benzene rings is 1. The summed E-state index contributed by atoms with van der Waals surface area (Å²) in [5.41, 5.74) is 7.24. The number of carbonyl (C=O) groups excluding carboxylic acids is 2. The molecule has 1 fully saturated rings. The molecule has 6 heteroatoms. The monoisotopic (exact) mass is 377 g/mol. The van der Waals surface area contributed by atoms with Crippen molar-refractivity contribution in [2.75, 3.05) is 31.6 Å². The van der Waals surface area contributed by atoms with Crippen molar-refractivity contribution in [2.24, 2.45) is 0 Å². The van der Waals surface area contributed by atoms with Gasteiger partial charge in [-0.3, -0.25) is 9.59 Å². The van der Waals surface area contributed by atoms with E-state index in [2.05, 4.69) is 10.3 Å². The molecule has 2 aliphatic heterocycles. The van der Waals surface area contributed by atoms with Gasteiger partial charge in [0.2, 0.25) is 0 Å². The number of para-hydroxylation sites is 1. The molecular formula is C22H23N3O3. The number of allylic oxidation sites excluding steroid dienone is 1. The minimum absolute atomic E-state index is 0.0580. The lowest BCUT2D eigenvalue weighted by atomic mass is 9.86. The molecule has 28 heavy (non-hydrogen) atoms. The number of hydrogen-bond acceptors (Lipinski definition) is 3. The van der Waals surface area contributed by atoms with Gasteiger partial charge in [-0.1, -0.05) is 18.2 Å². The maximum atomic E-state index is 13.2. The molecule has 1 aliphatic carbocycles. The van der Waals surface area contributed by atoms with E-state index in [0.717, 1.165) is 64.2 Å². The van der Waals surface area contributed by atoms with Gasteiger partial charge in [0.25, 0.3) is 11.8 Å². The van der Waals surface area contributed by atoms with Crippen molar-refractivity contribution in [2.45, 2.75) is 26.2 Å². The Kier molecular flexibility index (Phi) is 4.09. The van der Waals surface area contributed by atoms with E-state index in [1.165, 1.54) is 0 Å². The molecule has 5 rings (SSSR count). The fraction of sp³-hybridized carbons (Fsp3) is 0.364. The second-order valence-electron chi connectivity index (χ2n) is 7.59. The van der Waals surface area contributed by atoms with Crippen LogP contribution < -0.4 is 5.32 Å². The number of rotatable bonds is 1. The number of aromatic nitrogens is 1. The topological polar surface area (TPSA) is 74.4 Å². The smallest absolute Gasteiger partial charge is 0.256 e. The number of nitrogens with zero attached hydrogens (tertiary/aromatic N) is 1. The number of amides is 2. The van der Waals surface area contributed by atoms with Crippen molar-refractivity contribution in [3.8, 4) is 0 Å². The van der Waals surface area contributed by atoms with E-state index in [0.29, 0.717) is 26.3 Å². The first-order valence-electron chi connectivity index (χ1n) is 9.88. The van der Waals surface area contributed by atoms with E-state index in [1.807, 2.05) is 36.1 Å². The summed E-state index contributed by atoms with van der Waals surface area (Å²) in [5.74, 6) is 0.0122. The lowest BCUT2D eigenvalue weighted by molar-refractivity contribution is -0.110. The third kappa shape index (κ3) is 2.59. The summed E-state index contributed by atoms with van der Waals surface area (Å²) in [6.45, 7) is 4.38. The Bertz CT molecular complexity index is 1010. The van der Waals surface area contributed by atoms with E-state index >= 15 is 0 Å². The second kappa shape index (κ2) is 6.63. The van der Waals surface area contributed by atoms with Crippen molar-refractivity contribution in [1.82, 2.24) is 9.88 Å². The molecule has 0 atom stereocenters. The first kappa shape index (κ1) is 17.3. The fourth-order valence-electron chi connectivity index (χ4n) is 4.63. The molecule has 3 aliphatic rings. The molecule has 3 heterocycles. The van der Waals surface area contributed by atoms with Gasteiger partial charge in [0.15, 0.2) is 0 Å². The molecule has 1 aromatic heterocycles. The number of hydrogen-bond donors (Lipinski definition) is 2. The van der Waals surface area contributed by atoms with Gasteiger partial charge in [0.05, 0.1) is 24.4 Å². The predicted molar refractivity (Wildman–Crippen MR) is 107 cm³/mol. The van der Waals surface area contributed by atoms with Crippen molar-refractivity contribution >= 4 is 28.6 Å². The molecule has 2 amide bonds. The molecule has 0 saturated carbocycles. The molecule has 144 valence electrons. The van der Waals surface area contributed by atoms with E-state index in [9.17, 15) is 9.59 Å². The molecule has 1 saturated heterocycles. The average molecular weight is 377 g/mol. The summed E-state index contributed by atoms with van der Waals surface area (Å²) in [7, 11) is 0. The average Bonchev–Trinajstić information content (AvgIpc) is 3.23. The van der Waals surface area contributed by atoms with Gasteiger partial charge in [-0.2, -0.15) is 0 Å². The van der Waals surface area contributed by atoms with Crippen LogP contribution in [0.25, 0.3) is 11.1 Å².